The molecule has 3 heterocycles. The maximum absolute atomic E-state index is 12.7. The molecule has 0 N–H and O–H groups in total. The molecule has 2 aliphatic heterocycles. The van der Waals surface area contributed by atoms with Gasteiger partial charge in [0.15, 0.2) is 0 Å². The van der Waals surface area contributed by atoms with Gasteiger partial charge in [0.1, 0.15) is 0 Å². The van der Waals surface area contributed by atoms with Gasteiger partial charge in [-0.05, 0) is 58.4 Å². The summed E-state index contributed by atoms with van der Waals surface area (Å²) in [6.07, 6.45) is 6.72. The summed E-state index contributed by atoms with van der Waals surface area (Å²) in [4.78, 5) is 30.0. The van der Waals surface area contributed by atoms with Gasteiger partial charge in [0.05, 0.1) is 10.4 Å². The smallest absolute Gasteiger partial charge is 0.264 e. The summed E-state index contributed by atoms with van der Waals surface area (Å²) in [6.45, 7) is 5.91. The van der Waals surface area contributed by atoms with Gasteiger partial charge in [-0.1, -0.05) is 0 Å². The normalized spacial score (nSPS) is 25.5. The van der Waals surface area contributed by atoms with E-state index in [2.05, 4.69) is 13.8 Å². The number of piperidine rings is 2. The standard InChI is InChI=1S/C18H26N2O2S/c1-13-7-3-5-9-19(13)17(21)15-11-16(23-12-15)18(22)20-10-6-4-8-14(20)2/h11-14H,3-10H2,1-2H3/t13-,14-/m0/s1. The first-order valence-electron chi connectivity index (χ1n) is 8.78. The van der Waals surface area contributed by atoms with Crippen molar-refractivity contribution >= 4 is 23.2 Å². The second kappa shape index (κ2) is 7.04. The molecule has 1 aromatic rings. The number of thiophene rings is 1. The maximum atomic E-state index is 12.7. The Balaban J connectivity index is 1.72. The molecule has 2 amide bonds. The Morgan fingerprint density at radius 3 is 2.09 bits per heavy atom. The molecule has 0 aromatic carbocycles. The summed E-state index contributed by atoms with van der Waals surface area (Å²) in [5.41, 5.74) is 0.678. The highest BCUT2D eigenvalue weighted by atomic mass is 32.1. The Morgan fingerprint density at radius 1 is 0.957 bits per heavy atom. The lowest BCUT2D eigenvalue weighted by Gasteiger charge is -2.33. The second-order valence-corrected chi connectivity index (χ2v) is 7.80. The molecule has 0 bridgehead atoms. The number of carbonyl (C=O) groups excluding carboxylic acids is 2. The zero-order valence-corrected chi connectivity index (χ0v) is 14.9. The van der Waals surface area contributed by atoms with Crippen LogP contribution in [0.1, 0.15) is 72.4 Å². The molecule has 3 rings (SSSR count). The molecule has 23 heavy (non-hydrogen) atoms. The largest absolute Gasteiger partial charge is 0.336 e. The first-order chi connectivity index (χ1) is 11.1. The number of carbonyl (C=O) groups is 2. The molecule has 0 unspecified atom stereocenters. The first kappa shape index (κ1) is 16.5. The van der Waals surface area contributed by atoms with Crippen molar-refractivity contribution < 1.29 is 9.59 Å². The summed E-state index contributed by atoms with van der Waals surface area (Å²) in [5, 5.41) is 1.85. The van der Waals surface area contributed by atoms with E-state index in [0.717, 1.165) is 38.8 Å². The molecule has 2 atom stereocenters. The van der Waals surface area contributed by atoms with Crippen LogP contribution in [0.5, 0.6) is 0 Å². The molecule has 1 aromatic heterocycles. The fourth-order valence-electron chi connectivity index (χ4n) is 3.67. The number of hydrogen-bond acceptors (Lipinski definition) is 3. The zero-order chi connectivity index (χ0) is 16.4. The van der Waals surface area contributed by atoms with Crippen molar-refractivity contribution in [1.29, 1.82) is 0 Å². The second-order valence-electron chi connectivity index (χ2n) is 6.89. The van der Waals surface area contributed by atoms with E-state index in [1.54, 1.807) is 6.07 Å². The fraction of sp³-hybridized carbons (Fsp3) is 0.667. The minimum Gasteiger partial charge on any atom is -0.336 e. The molecule has 2 saturated heterocycles. The van der Waals surface area contributed by atoms with E-state index < -0.39 is 0 Å². The number of hydrogen-bond donors (Lipinski definition) is 0. The molecule has 0 aliphatic carbocycles. The van der Waals surface area contributed by atoms with Crippen LogP contribution >= 0.6 is 11.3 Å². The fourth-order valence-corrected chi connectivity index (χ4v) is 4.50. The number of amides is 2. The third-order valence-electron chi connectivity index (χ3n) is 5.18. The van der Waals surface area contributed by atoms with Gasteiger partial charge < -0.3 is 9.80 Å². The quantitative estimate of drug-likeness (QED) is 0.826. The van der Waals surface area contributed by atoms with Crippen LogP contribution in [0, 0.1) is 0 Å². The Kier molecular flexibility index (Phi) is 5.05. The van der Waals surface area contributed by atoms with Gasteiger partial charge in [-0.15, -0.1) is 11.3 Å². The summed E-state index contributed by atoms with van der Waals surface area (Å²) >= 11 is 1.41. The van der Waals surface area contributed by atoms with Gasteiger partial charge in [-0.2, -0.15) is 0 Å². The number of rotatable bonds is 2. The van der Waals surface area contributed by atoms with Crippen molar-refractivity contribution in [3.8, 4) is 0 Å². The first-order valence-corrected chi connectivity index (χ1v) is 9.66. The average Bonchev–Trinajstić information content (AvgIpc) is 3.04. The van der Waals surface area contributed by atoms with Gasteiger partial charge in [-0.3, -0.25) is 9.59 Å². The van der Waals surface area contributed by atoms with E-state index >= 15 is 0 Å². The van der Waals surface area contributed by atoms with Crippen molar-refractivity contribution in [2.45, 2.75) is 64.5 Å². The molecule has 5 heteroatoms. The van der Waals surface area contributed by atoms with Crippen LogP contribution in [0.4, 0.5) is 0 Å². The van der Waals surface area contributed by atoms with Crippen LogP contribution in [0.25, 0.3) is 0 Å². The van der Waals surface area contributed by atoms with E-state index in [4.69, 9.17) is 0 Å². The van der Waals surface area contributed by atoms with Crippen LogP contribution in [0.3, 0.4) is 0 Å². The minimum atomic E-state index is 0.0826. The lowest BCUT2D eigenvalue weighted by Crippen LogP contribution is -2.42. The van der Waals surface area contributed by atoms with Crippen molar-refractivity contribution in [3.05, 3.63) is 21.9 Å². The van der Waals surface area contributed by atoms with Crippen LogP contribution in [-0.4, -0.2) is 46.8 Å². The molecule has 2 aliphatic rings. The van der Waals surface area contributed by atoms with Crippen LogP contribution in [0.15, 0.2) is 11.4 Å². The highest BCUT2D eigenvalue weighted by Crippen LogP contribution is 2.25. The SMILES string of the molecule is C[C@H]1CCCCN1C(=O)c1csc(C(=O)N2CCCC[C@@H]2C)c1. The zero-order valence-electron chi connectivity index (χ0n) is 14.1. The summed E-state index contributed by atoms with van der Waals surface area (Å²) in [5.74, 6) is 0.173. The van der Waals surface area contributed by atoms with E-state index in [0.29, 0.717) is 22.5 Å². The van der Waals surface area contributed by atoms with E-state index in [1.165, 1.54) is 24.2 Å². The van der Waals surface area contributed by atoms with Crippen molar-refractivity contribution in [3.63, 3.8) is 0 Å². The number of nitrogens with zero attached hydrogens (tertiary/aromatic N) is 2. The Bertz CT molecular complexity index is 535. The van der Waals surface area contributed by atoms with Crippen molar-refractivity contribution in [2.24, 2.45) is 0 Å². The lowest BCUT2D eigenvalue weighted by molar-refractivity contribution is 0.0636. The summed E-state index contributed by atoms with van der Waals surface area (Å²) in [7, 11) is 0. The van der Waals surface area contributed by atoms with Crippen LogP contribution in [-0.2, 0) is 0 Å². The van der Waals surface area contributed by atoms with Crippen molar-refractivity contribution in [1.82, 2.24) is 9.80 Å². The van der Waals surface area contributed by atoms with E-state index in [9.17, 15) is 9.59 Å². The summed E-state index contributed by atoms with van der Waals surface area (Å²) in [6, 6.07) is 2.41. The van der Waals surface area contributed by atoms with Gasteiger partial charge in [0.2, 0.25) is 0 Å². The van der Waals surface area contributed by atoms with Gasteiger partial charge >= 0.3 is 0 Å². The van der Waals surface area contributed by atoms with Gasteiger partial charge in [-0.25, -0.2) is 0 Å². The molecule has 126 valence electrons. The van der Waals surface area contributed by atoms with Crippen molar-refractivity contribution in [2.75, 3.05) is 13.1 Å². The Morgan fingerprint density at radius 2 is 1.52 bits per heavy atom. The maximum Gasteiger partial charge on any atom is 0.264 e. The monoisotopic (exact) mass is 334 g/mol. The van der Waals surface area contributed by atoms with E-state index in [-0.39, 0.29) is 11.8 Å². The van der Waals surface area contributed by atoms with Crippen LogP contribution < -0.4 is 0 Å². The highest BCUT2D eigenvalue weighted by Gasteiger charge is 2.28. The number of likely N-dealkylation sites (tertiary alicyclic amines) is 2. The third kappa shape index (κ3) is 3.44. The molecule has 2 fully saturated rings. The highest BCUT2D eigenvalue weighted by molar-refractivity contribution is 7.12. The Labute approximate surface area is 142 Å². The minimum absolute atomic E-state index is 0.0826. The molecule has 4 nitrogen and oxygen atoms in total. The van der Waals surface area contributed by atoms with Gasteiger partial charge in [0.25, 0.3) is 11.8 Å². The Hall–Kier alpha value is -1.36. The van der Waals surface area contributed by atoms with Gasteiger partial charge in [0, 0.05) is 30.6 Å². The molecule has 0 radical (unpaired) electrons. The summed E-state index contributed by atoms with van der Waals surface area (Å²) < 4.78 is 0. The predicted octanol–water partition coefficient (Wildman–Crippen LogP) is 3.78. The third-order valence-corrected chi connectivity index (χ3v) is 6.10. The molecular formula is C18H26N2O2S. The average molecular weight is 334 g/mol. The topological polar surface area (TPSA) is 40.6 Å². The molecular weight excluding hydrogens is 308 g/mol. The molecule has 0 saturated carbocycles. The van der Waals surface area contributed by atoms with Crippen LogP contribution in [0.2, 0.25) is 0 Å². The van der Waals surface area contributed by atoms with E-state index in [1.807, 2.05) is 15.2 Å². The molecule has 0 spiro atoms. The lowest BCUT2D eigenvalue weighted by atomic mass is 10.0. The predicted molar refractivity (Wildman–Crippen MR) is 93.0 cm³/mol.